The first-order chi connectivity index (χ1) is 11.4. The van der Waals surface area contributed by atoms with Gasteiger partial charge in [0.15, 0.2) is 0 Å². The summed E-state index contributed by atoms with van der Waals surface area (Å²) < 4.78 is 0. The summed E-state index contributed by atoms with van der Waals surface area (Å²) in [6.45, 7) is 6.44. The summed E-state index contributed by atoms with van der Waals surface area (Å²) in [5.41, 5.74) is 3.55. The molecule has 0 spiro atoms. The van der Waals surface area contributed by atoms with Crippen LogP contribution in [0, 0.1) is 25.2 Å². The molecular weight excluding hydrogens is 315 g/mol. The second-order valence-electron chi connectivity index (χ2n) is 8.11. The summed E-state index contributed by atoms with van der Waals surface area (Å²) in [5.74, 6) is 0.259. The summed E-state index contributed by atoms with van der Waals surface area (Å²) in [6, 6.07) is 5.93. The van der Waals surface area contributed by atoms with Crippen LogP contribution in [-0.2, 0) is 4.79 Å². The van der Waals surface area contributed by atoms with Gasteiger partial charge < -0.3 is 0 Å². The van der Waals surface area contributed by atoms with Crippen molar-refractivity contribution in [1.29, 1.82) is 5.26 Å². The van der Waals surface area contributed by atoms with Gasteiger partial charge in [-0.05, 0) is 0 Å². The normalized spacial score (nSPS) is 22.8. The number of amides is 1. The molecule has 4 heteroatoms. The van der Waals surface area contributed by atoms with E-state index in [1.807, 2.05) is 26.0 Å². The molecular formula is C20H29N2OP. The molecule has 1 aliphatic carbocycles. The van der Waals surface area contributed by atoms with Gasteiger partial charge in [-0.1, -0.05) is 0 Å². The third kappa shape index (κ3) is 2.98. The van der Waals surface area contributed by atoms with Crippen molar-refractivity contribution >= 4 is 18.9 Å². The Morgan fingerprint density at radius 3 is 2.12 bits per heavy atom. The van der Waals surface area contributed by atoms with E-state index >= 15 is 0 Å². The third-order valence-corrected chi connectivity index (χ3v) is 12.4. The van der Waals surface area contributed by atoms with Crippen LogP contribution in [0.15, 0.2) is 12.1 Å². The molecule has 1 aliphatic heterocycles. The molecule has 1 N–H and O–H groups in total. The fourth-order valence-corrected chi connectivity index (χ4v) is 9.89. The van der Waals surface area contributed by atoms with Crippen LogP contribution in [0.3, 0.4) is 0 Å². The first-order valence-corrected chi connectivity index (χ1v) is 12.2. The molecule has 1 saturated carbocycles. The number of rotatable bonds is 3. The quantitative estimate of drug-likeness (QED) is 0.815. The number of hydrogen-bond donors (Lipinski definition) is 1. The molecule has 2 aliphatic rings. The zero-order valence-corrected chi connectivity index (χ0v) is 16.2. The summed E-state index contributed by atoms with van der Waals surface area (Å²) in [7, 11) is -1.54. The fourth-order valence-electron chi connectivity index (χ4n) is 4.68. The molecule has 0 aromatic heterocycles. The van der Waals surface area contributed by atoms with Crippen molar-refractivity contribution < 1.29 is 4.79 Å². The first-order valence-electron chi connectivity index (χ1n) is 9.25. The Labute approximate surface area is 146 Å². The second kappa shape index (κ2) is 6.49. The number of hydrogen-bond acceptors (Lipinski definition) is 2. The van der Waals surface area contributed by atoms with Crippen molar-refractivity contribution in [2.24, 2.45) is 0 Å². The van der Waals surface area contributed by atoms with E-state index in [0.29, 0.717) is 5.56 Å². The Morgan fingerprint density at radius 1 is 1.12 bits per heavy atom. The van der Waals surface area contributed by atoms with E-state index in [0.717, 1.165) is 29.7 Å². The van der Waals surface area contributed by atoms with Crippen molar-refractivity contribution in [2.75, 3.05) is 24.3 Å². The fraction of sp³-hybridized carbons (Fsp3) is 0.600. The van der Waals surface area contributed by atoms with E-state index in [1.165, 1.54) is 38.0 Å². The van der Waals surface area contributed by atoms with Crippen molar-refractivity contribution in [3.8, 4) is 6.07 Å². The van der Waals surface area contributed by atoms with Crippen LogP contribution in [-0.4, -0.2) is 30.1 Å². The Bertz CT molecular complexity index is 669. The monoisotopic (exact) mass is 344 g/mol. The molecule has 24 heavy (non-hydrogen) atoms. The van der Waals surface area contributed by atoms with E-state index in [9.17, 15) is 4.79 Å². The zero-order valence-electron chi connectivity index (χ0n) is 15.2. The molecule has 0 bridgehead atoms. The van der Waals surface area contributed by atoms with Gasteiger partial charge in [0.2, 0.25) is 0 Å². The number of anilines is 1. The predicted octanol–water partition coefficient (Wildman–Crippen LogP) is 4.60. The molecule has 0 atom stereocenters. The number of carbonyl (C=O) groups excluding carboxylic acids is 1. The third-order valence-electron chi connectivity index (χ3n) is 6.45. The van der Waals surface area contributed by atoms with Gasteiger partial charge in [-0.3, -0.25) is 0 Å². The maximum atomic E-state index is 13.2. The van der Waals surface area contributed by atoms with Crippen molar-refractivity contribution in [3.63, 3.8) is 0 Å². The van der Waals surface area contributed by atoms with E-state index in [2.05, 4.69) is 18.1 Å². The Balaban J connectivity index is 1.84. The second-order valence-corrected chi connectivity index (χ2v) is 13.2. The van der Waals surface area contributed by atoms with Gasteiger partial charge in [0.05, 0.1) is 0 Å². The first kappa shape index (κ1) is 17.4. The van der Waals surface area contributed by atoms with Crippen LogP contribution in [0.1, 0.15) is 55.2 Å². The SMILES string of the molecule is Cc1cc(C#N)cc(C)c1NC(=O)C1([PH]2(C)CCCCCC2)CC1. The average Bonchev–Trinajstić information content (AvgIpc) is 3.36. The Morgan fingerprint density at radius 2 is 1.67 bits per heavy atom. The Kier molecular flexibility index (Phi) is 4.71. The Hall–Kier alpha value is -1.39. The van der Waals surface area contributed by atoms with Crippen molar-refractivity contribution in [1.82, 2.24) is 0 Å². The minimum atomic E-state index is -1.54. The summed E-state index contributed by atoms with van der Waals surface area (Å²) in [5, 5.41) is 12.3. The molecule has 3 nitrogen and oxygen atoms in total. The molecule has 3 rings (SSSR count). The van der Waals surface area contributed by atoms with Gasteiger partial charge in [0.25, 0.3) is 0 Å². The number of aryl methyl sites for hydroxylation is 2. The van der Waals surface area contributed by atoms with Gasteiger partial charge in [-0.15, -0.1) is 0 Å². The predicted molar refractivity (Wildman–Crippen MR) is 104 cm³/mol. The van der Waals surface area contributed by atoms with Gasteiger partial charge >= 0.3 is 146 Å². The molecule has 0 radical (unpaired) electrons. The van der Waals surface area contributed by atoms with Crippen LogP contribution in [0.25, 0.3) is 0 Å². The maximum absolute atomic E-state index is 13.2. The summed E-state index contributed by atoms with van der Waals surface area (Å²) in [6.07, 6.45) is 10.1. The molecule has 0 unspecified atom stereocenters. The topological polar surface area (TPSA) is 52.9 Å². The minimum absolute atomic E-state index is 0.0376. The molecule has 1 aromatic rings. The van der Waals surface area contributed by atoms with Gasteiger partial charge in [0.1, 0.15) is 0 Å². The van der Waals surface area contributed by atoms with Crippen LogP contribution in [0.5, 0.6) is 0 Å². The van der Waals surface area contributed by atoms with E-state index in [1.54, 1.807) is 0 Å². The number of carbonyl (C=O) groups is 1. The van der Waals surface area contributed by atoms with Crippen LogP contribution in [0.2, 0.25) is 0 Å². The van der Waals surface area contributed by atoms with Crippen molar-refractivity contribution in [3.05, 3.63) is 28.8 Å². The van der Waals surface area contributed by atoms with Crippen molar-refractivity contribution in [2.45, 2.75) is 57.5 Å². The molecule has 1 saturated heterocycles. The van der Waals surface area contributed by atoms with Crippen LogP contribution >= 0.6 is 7.26 Å². The van der Waals surface area contributed by atoms with Gasteiger partial charge in [-0.25, -0.2) is 0 Å². The van der Waals surface area contributed by atoms with Gasteiger partial charge in [-0.2, -0.15) is 0 Å². The number of nitriles is 1. The summed E-state index contributed by atoms with van der Waals surface area (Å²) in [4.78, 5) is 13.2. The average molecular weight is 344 g/mol. The number of benzene rings is 1. The van der Waals surface area contributed by atoms with E-state index in [4.69, 9.17) is 5.26 Å². The number of nitrogens with one attached hydrogen (secondary N) is 1. The molecule has 1 amide bonds. The molecule has 130 valence electrons. The standard InChI is InChI=1S/C20H29N2OP/c1-15-12-17(14-21)13-16(2)18(15)22-19(23)20(8-9-20)24(3)10-6-4-5-7-11-24/h12-13,24H,4-11H2,1-3H3,(H,22,23). The van der Waals surface area contributed by atoms with E-state index < -0.39 is 7.26 Å². The zero-order chi connectivity index (χ0) is 17.4. The number of nitrogens with zero attached hydrogens (tertiary/aromatic N) is 1. The molecule has 1 aromatic carbocycles. The summed E-state index contributed by atoms with van der Waals surface area (Å²) >= 11 is 0. The van der Waals surface area contributed by atoms with Crippen LogP contribution in [0.4, 0.5) is 5.69 Å². The molecule has 1 heterocycles. The van der Waals surface area contributed by atoms with Crippen LogP contribution < -0.4 is 5.32 Å². The van der Waals surface area contributed by atoms with E-state index in [-0.39, 0.29) is 11.1 Å². The van der Waals surface area contributed by atoms with Gasteiger partial charge in [0, 0.05) is 0 Å². The molecule has 2 fully saturated rings.